The van der Waals surface area contributed by atoms with Gasteiger partial charge in [-0.1, -0.05) is 30.3 Å². The second kappa shape index (κ2) is 13.0. The van der Waals surface area contributed by atoms with Crippen LogP contribution in [0.3, 0.4) is 0 Å². The van der Waals surface area contributed by atoms with Crippen molar-refractivity contribution in [2.24, 2.45) is 0 Å². The van der Waals surface area contributed by atoms with Crippen molar-refractivity contribution in [3.05, 3.63) is 89.5 Å². The van der Waals surface area contributed by atoms with Crippen molar-refractivity contribution in [3.63, 3.8) is 0 Å². The number of nitrogens with zero attached hydrogens (tertiary/aromatic N) is 2. The lowest BCUT2D eigenvalue weighted by Gasteiger charge is -2.39. The molecule has 38 heavy (non-hydrogen) atoms. The fourth-order valence-corrected chi connectivity index (χ4v) is 4.72. The van der Waals surface area contributed by atoms with Crippen molar-refractivity contribution in [2.75, 3.05) is 54.1 Å². The third-order valence-electron chi connectivity index (χ3n) is 6.76. The summed E-state index contributed by atoms with van der Waals surface area (Å²) in [4.78, 5) is 17.3. The maximum absolute atomic E-state index is 13.0. The summed E-state index contributed by atoms with van der Waals surface area (Å²) in [5, 5.41) is 0. The monoisotopic (exact) mass is 516 g/mol. The van der Waals surface area contributed by atoms with E-state index in [1.54, 1.807) is 27.4 Å². The molecule has 0 radical (unpaired) electrons. The maximum atomic E-state index is 13.0. The van der Waals surface area contributed by atoms with Crippen molar-refractivity contribution in [2.45, 2.75) is 13.0 Å². The van der Waals surface area contributed by atoms with Crippen LogP contribution in [0.25, 0.3) is 6.08 Å². The number of carbonyl (C=O) groups excluding carboxylic acids is 1. The lowest BCUT2D eigenvalue weighted by Crippen LogP contribution is -2.49. The average molecular weight is 517 g/mol. The number of carbonyl (C=O) groups is 1. The third kappa shape index (κ3) is 6.47. The van der Waals surface area contributed by atoms with Crippen LogP contribution in [0.2, 0.25) is 0 Å². The summed E-state index contributed by atoms with van der Waals surface area (Å²) in [5.41, 5.74) is 3.25. The van der Waals surface area contributed by atoms with Crippen LogP contribution in [0.15, 0.2) is 72.8 Å². The molecule has 0 aromatic heterocycles. The van der Waals surface area contributed by atoms with E-state index in [9.17, 15) is 4.79 Å². The molecule has 7 nitrogen and oxygen atoms in total. The minimum absolute atomic E-state index is 0.00273. The number of ether oxygens (including phenoxy) is 4. The Bertz CT molecular complexity index is 1170. The Kier molecular flexibility index (Phi) is 9.27. The first-order chi connectivity index (χ1) is 18.6. The number of rotatable bonds is 10. The Morgan fingerprint density at radius 1 is 0.789 bits per heavy atom. The number of hydrogen-bond donors (Lipinski definition) is 0. The van der Waals surface area contributed by atoms with Gasteiger partial charge >= 0.3 is 0 Å². The van der Waals surface area contributed by atoms with Gasteiger partial charge in [0.05, 0.1) is 34.0 Å². The Morgan fingerprint density at radius 2 is 1.37 bits per heavy atom. The van der Waals surface area contributed by atoms with E-state index in [1.807, 2.05) is 60.4 Å². The van der Waals surface area contributed by atoms with E-state index < -0.39 is 0 Å². The minimum atomic E-state index is 0.00273. The van der Waals surface area contributed by atoms with Gasteiger partial charge in [-0.15, -0.1) is 0 Å². The van der Waals surface area contributed by atoms with E-state index in [1.165, 1.54) is 11.1 Å². The van der Waals surface area contributed by atoms with Crippen LogP contribution in [-0.2, 0) is 4.79 Å². The fraction of sp³-hybridized carbons (Fsp3) is 0.323. The minimum Gasteiger partial charge on any atom is -0.497 e. The normalized spacial score (nSPS) is 14.1. The summed E-state index contributed by atoms with van der Waals surface area (Å²) in [5.74, 6) is 3.00. The largest absolute Gasteiger partial charge is 0.497 e. The zero-order valence-corrected chi connectivity index (χ0v) is 22.6. The molecule has 0 atom stereocenters. The Morgan fingerprint density at radius 3 is 1.87 bits per heavy atom. The molecule has 0 spiro atoms. The summed E-state index contributed by atoms with van der Waals surface area (Å²) >= 11 is 0. The maximum Gasteiger partial charge on any atom is 0.246 e. The molecule has 1 amide bonds. The van der Waals surface area contributed by atoms with Gasteiger partial charge in [0.25, 0.3) is 0 Å². The van der Waals surface area contributed by atoms with Crippen molar-refractivity contribution >= 4 is 12.0 Å². The molecule has 4 rings (SSSR count). The lowest BCUT2D eigenvalue weighted by atomic mass is 9.96. The van der Waals surface area contributed by atoms with Crippen molar-refractivity contribution in [3.8, 4) is 23.0 Å². The van der Waals surface area contributed by atoms with Crippen LogP contribution < -0.4 is 18.9 Å². The van der Waals surface area contributed by atoms with Crippen molar-refractivity contribution in [1.29, 1.82) is 0 Å². The Hall–Kier alpha value is -3.97. The lowest BCUT2D eigenvalue weighted by molar-refractivity contribution is -0.127. The standard InChI is InChI=1S/C31H36N2O5/c1-5-38-28-16-6-23(22-29(28)37-4)7-17-30(34)32-18-20-33(21-19-32)31(24-8-12-26(35-2)13-9-24)25-10-14-27(36-3)15-11-25/h6-17,22,31H,5,18-21H2,1-4H3. The zero-order chi connectivity index (χ0) is 26.9. The summed E-state index contributed by atoms with van der Waals surface area (Å²) in [6.07, 6.45) is 3.46. The van der Waals surface area contributed by atoms with Crippen LogP contribution in [0, 0.1) is 0 Å². The van der Waals surface area contributed by atoms with Gasteiger partial charge in [0.1, 0.15) is 11.5 Å². The zero-order valence-electron chi connectivity index (χ0n) is 22.6. The molecule has 0 saturated carbocycles. The smallest absolute Gasteiger partial charge is 0.246 e. The molecule has 200 valence electrons. The molecule has 0 aliphatic carbocycles. The summed E-state index contributed by atoms with van der Waals surface area (Å²) in [6, 6.07) is 22.1. The summed E-state index contributed by atoms with van der Waals surface area (Å²) < 4.78 is 21.7. The molecule has 1 saturated heterocycles. The first kappa shape index (κ1) is 27.1. The predicted octanol–water partition coefficient (Wildman–Crippen LogP) is 5.06. The second-order valence-electron chi connectivity index (χ2n) is 8.99. The van der Waals surface area contributed by atoms with Gasteiger partial charge in [0.15, 0.2) is 11.5 Å². The molecule has 3 aromatic rings. The molecule has 3 aromatic carbocycles. The number of benzene rings is 3. The van der Waals surface area contributed by atoms with E-state index in [0.717, 1.165) is 30.2 Å². The summed E-state index contributed by atoms with van der Waals surface area (Å²) in [6.45, 7) is 5.32. The summed E-state index contributed by atoms with van der Waals surface area (Å²) in [7, 11) is 4.96. The van der Waals surface area contributed by atoms with Crippen LogP contribution in [-0.4, -0.2) is 69.8 Å². The SMILES string of the molecule is CCOc1ccc(C=CC(=O)N2CCN(C(c3ccc(OC)cc3)c3ccc(OC)cc3)CC2)cc1OC. The molecule has 1 aliphatic heterocycles. The van der Waals surface area contributed by atoms with Crippen LogP contribution in [0.5, 0.6) is 23.0 Å². The highest BCUT2D eigenvalue weighted by molar-refractivity contribution is 5.92. The van der Waals surface area contributed by atoms with Gasteiger partial charge in [-0.25, -0.2) is 0 Å². The highest BCUT2D eigenvalue weighted by Gasteiger charge is 2.27. The van der Waals surface area contributed by atoms with Gasteiger partial charge in [-0.05, 0) is 66.1 Å². The molecule has 1 aliphatic rings. The quantitative estimate of drug-likeness (QED) is 0.351. The highest BCUT2D eigenvalue weighted by Crippen LogP contribution is 2.32. The second-order valence-corrected chi connectivity index (χ2v) is 8.99. The average Bonchev–Trinajstić information content (AvgIpc) is 2.97. The molecule has 1 heterocycles. The van der Waals surface area contributed by atoms with Crippen LogP contribution in [0.1, 0.15) is 29.7 Å². The van der Waals surface area contributed by atoms with E-state index in [0.29, 0.717) is 31.2 Å². The van der Waals surface area contributed by atoms with Gasteiger partial charge in [0.2, 0.25) is 5.91 Å². The van der Waals surface area contributed by atoms with Gasteiger partial charge in [0, 0.05) is 32.3 Å². The fourth-order valence-electron chi connectivity index (χ4n) is 4.72. The molecule has 0 bridgehead atoms. The van der Waals surface area contributed by atoms with E-state index >= 15 is 0 Å². The first-order valence-electron chi connectivity index (χ1n) is 12.9. The number of piperazine rings is 1. The van der Waals surface area contributed by atoms with E-state index in [2.05, 4.69) is 29.2 Å². The predicted molar refractivity (Wildman–Crippen MR) is 149 cm³/mol. The van der Waals surface area contributed by atoms with Gasteiger partial charge in [-0.2, -0.15) is 0 Å². The molecule has 1 fully saturated rings. The molecule has 0 N–H and O–H groups in total. The van der Waals surface area contributed by atoms with Crippen LogP contribution >= 0.6 is 0 Å². The van der Waals surface area contributed by atoms with E-state index in [4.69, 9.17) is 18.9 Å². The van der Waals surface area contributed by atoms with E-state index in [-0.39, 0.29) is 11.9 Å². The number of methoxy groups -OCH3 is 3. The highest BCUT2D eigenvalue weighted by atomic mass is 16.5. The van der Waals surface area contributed by atoms with Crippen LogP contribution in [0.4, 0.5) is 0 Å². The van der Waals surface area contributed by atoms with Gasteiger partial charge < -0.3 is 23.8 Å². The number of amides is 1. The van der Waals surface area contributed by atoms with Crippen molar-refractivity contribution in [1.82, 2.24) is 9.80 Å². The number of hydrogen-bond acceptors (Lipinski definition) is 6. The van der Waals surface area contributed by atoms with Gasteiger partial charge in [-0.3, -0.25) is 9.69 Å². The Labute approximate surface area is 225 Å². The third-order valence-corrected chi connectivity index (χ3v) is 6.76. The first-order valence-corrected chi connectivity index (χ1v) is 12.9. The topological polar surface area (TPSA) is 60.5 Å². The molecular weight excluding hydrogens is 480 g/mol. The molecular formula is C31H36N2O5. The van der Waals surface area contributed by atoms with Crippen molar-refractivity contribution < 1.29 is 23.7 Å². The molecule has 7 heteroatoms. The molecule has 0 unspecified atom stereocenters. The Balaban J connectivity index is 1.45.